The summed E-state index contributed by atoms with van der Waals surface area (Å²) < 4.78 is 0. The van der Waals surface area contributed by atoms with E-state index < -0.39 is 0 Å². The molecule has 0 saturated heterocycles. The van der Waals surface area contributed by atoms with Gasteiger partial charge in [-0.2, -0.15) is 0 Å². The average molecular weight is 1360 g/mol. The summed E-state index contributed by atoms with van der Waals surface area (Å²) in [5.41, 5.74) is 49.5. The summed E-state index contributed by atoms with van der Waals surface area (Å²) in [5.74, 6) is -3.17. The van der Waals surface area contributed by atoms with Gasteiger partial charge in [-0.25, -0.2) is 0 Å². The predicted octanol–water partition coefficient (Wildman–Crippen LogP) is -3.20. The SMILES string of the molecule is NCCC(O)=NO.NCCC(O)=NO.NCCC(O)=NO.NCCC(O)=NO.NCCC(O)=NO.NCCC(O)=NO.NCCC(O)=NO.NCCC(O)=NO.NCCC(O)=NO.NCCC(O)=NO.[Cu].[Cu].[Cu].[Cu].[Cu]. The van der Waals surface area contributed by atoms with E-state index in [9.17, 15) is 0 Å². The monoisotopic (exact) mass is 1360 g/mol. The molecule has 0 atom stereocenters. The van der Waals surface area contributed by atoms with Gasteiger partial charge in [0.1, 0.15) is 0 Å². The number of hydrogen-bond donors (Lipinski definition) is 30. The summed E-state index contributed by atoms with van der Waals surface area (Å²) in [6.45, 7) is 3.01. The van der Waals surface area contributed by atoms with Gasteiger partial charge in [0.15, 0.2) is 0 Å². The first-order chi connectivity index (χ1) is 33.1. The van der Waals surface area contributed by atoms with Crippen LogP contribution in [0.5, 0.6) is 0 Å². The zero-order chi connectivity index (χ0) is 57.0. The van der Waals surface area contributed by atoms with Gasteiger partial charge < -0.3 is 160 Å². The molecule has 0 saturated carbocycles. The standard InChI is InChI=1S/10C3H8N2O2.5Cu/c10*4-2-1-3(6)5-7;;;;;/h10*7H,1-2,4H2,(H,5,6);;;;;. The van der Waals surface area contributed by atoms with Crippen LogP contribution in [0.15, 0.2) is 51.6 Å². The van der Waals surface area contributed by atoms with Crippen LogP contribution in [0.1, 0.15) is 64.2 Å². The average Bonchev–Trinajstić information content (AvgIpc) is 3.36. The Morgan fingerprint density at radius 1 is 0.173 bits per heavy atom. The Morgan fingerprint density at radius 2 is 0.227 bits per heavy atom. The molecule has 0 rings (SSSR count). The van der Waals surface area contributed by atoms with Crippen LogP contribution in [-0.2, 0) is 85.3 Å². The summed E-state index contributed by atoms with van der Waals surface area (Å²) >= 11 is 0. The zero-order valence-electron chi connectivity index (χ0n) is 39.8. The first-order valence-corrected chi connectivity index (χ1v) is 19.1. The van der Waals surface area contributed by atoms with E-state index in [0.717, 1.165) is 0 Å². The van der Waals surface area contributed by atoms with Crippen molar-refractivity contribution in [3.05, 3.63) is 0 Å². The van der Waals surface area contributed by atoms with E-state index in [-0.39, 0.29) is 209 Å². The van der Waals surface area contributed by atoms with Crippen LogP contribution in [0.3, 0.4) is 0 Å². The Bertz CT molecular complexity index is 1070. The van der Waals surface area contributed by atoms with Gasteiger partial charge in [0.2, 0.25) is 59.0 Å². The van der Waals surface area contributed by atoms with Crippen LogP contribution < -0.4 is 57.3 Å². The number of oxime groups is 10. The number of nitrogens with two attached hydrogens (primary N) is 10. The molecule has 0 spiro atoms. The Hall–Kier alpha value is -5.10. The van der Waals surface area contributed by atoms with Gasteiger partial charge in [-0.15, -0.1) is 0 Å². The molecule has 0 fully saturated rings. The summed E-state index contributed by atoms with van der Waals surface area (Å²) in [5, 5.41) is 185. The molecule has 75 heavy (non-hydrogen) atoms. The Morgan fingerprint density at radius 3 is 0.240 bits per heavy atom. The molecular weight excluding hydrogens is 1280 g/mol. The third kappa shape index (κ3) is 153. The molecular formula is C30H80Cu5N20O20. The first-order valence-electron chi connectivity index (χ1n) is 19.1. The second-order valence-corrected chi connectivity index (χ2v) is 10.5. The molecule has 0 aromatic rings. The van der Waals surface area contributed by atoms with E-state index in [0.29, 0.717) is 65.4 Å². The molecule has 0 heterocycles. The van der Waals surface area contributed by atoms with E-state index in [2.05, 4.69) is 51.6 Å². The second kappa shape index (κ2) is 105. The van der Waals surface area contributed by atoms with Crippen LogP contribution in [0.25, 0.3) is 0 Å². The summed E-state index contributed by atoms with van der Waals surface area (Å²) in [7, 11) is 0. The molecule has 0 aliphatic rings. The molecule has 40 N–H and O–H groups in total. The third-order valence-corrected chi connectivity index (χ3v) is 4.83. The van der Waals surface area contributed by atoms with Crippen LogP contribution >= 0.6 is 0 Å². The molecule has 0 amide bonds. The molecule has 0 unspecified atom stereocenters. The van der Waals surface area contributed by atoms with Crippen molar-refractivity contribution < 1.29 is 188 Å². The fraction of sp³-hybridized carbons (Fsp3) is 0.667. The van der Waals surface area contributed by atoms with Gasteiger partial charge in [-0.3, -0.25) is 0 Å². The molecule has 40 nitrogen and oxygen atoms in total. The molecule has 475 valence electrons. The molecule has 5 radical (unpaired) electrons. The van der Waals surface area contributed by atoms with E-state index >= 15 is 0 Å². The minimum atomic E-state index is -0.317. The Balaban J connectivity index is -0.0000000407. The molecule has 0 aromatic heterocycles. The molecule has 45 heteroatoms. The second-order valence-electron chi connectivity index (χ2n) is 10.5. The summed E-state index contributed by atoms with van der Waals surface area (Å²) in [6, 6.07) is 0. The van der Waals surface area contributed by atoms with Crippen molar-refractivity contribution in [1.82, 2.24) is 0 Å². The van der Waals surface area contributed by atoms with Crippen molar-refractivity contribution in [2.45, 2.75) is 64.2 Å². The fourth-order valence-electron chi connectivity index (χ4n) is 1.79. The van der Waals surface area contributed by atoms with E-state index in [4.69, 9.17) is 160 Å². The van der Waals surface area contributed by atoms with Gasteiger partial charge in [0.25, 0.3) is 0 Å². The van der Waals surface area contributed by atoms with Crippen molar-refractivity contribution in [3.63, 3.8) is 0 Å². The van der Waals surface area contributed by atoms with Crippen molar-refractivity contribution in [2.75, 3.05) is 65.4 Å². The maximum Gasteiger partial charge on any atom is 0.224 e. The van der Waals surface area contributed by atoms with Crippen molar-refractivity contribution in [1.29, 1.82) is 0 Å². The number of nitrogens with zero attached hydrogens (tertiary/aromatic N) is 10. The minimum absolute atomic E-state index is 0. The van der Waals surface area contributed by atoms with Gasteiger partial charge in [-0.05, 0) is 0 Å². The minimum Gasteiger partial charge on any atom is -0.494 e. The van der Waals surface area contributed by atoms with Crippen molar-refractivity contribution >= 4 is 59.0 Å². The Kier molecular flexibility index (Phi) is 155. The first kappa shape index (κ1) is 110. The Labute approximate surface area is 483 Å². The van der Waals surface area contributed by atoms with Crippen LogP contribution in [0, 0.1) is 0 Å². The van der Waals surface area contributed by atoms with Gasteiger partial charge in [0, 0.05) is 215 Å². The van der Waals surface area contributed by atoms with Crippen molar-refractivity contribution in [2.24, 2.45) is 109 Å². The number of aliphatic hydroxyl groups is 10. The smallest absolute Gasteiger partial charge is 0.224 e. The van der Waals surface area contributed by atoms with Gasteiger partial charge >= 0.3 is 0 Å². The normalized spacial score (nSPS) is 11.1. The molecule has 0 aromatic carbocycles. The maximum absolute atomic E-state index is 8.28. The maximum atomic E-state index is 8.28. The zero-order valence-corrected chi connectivity index (χ0v) is 44.5. The van der Waals surface area contributed by atoms with E-state index in [1.165, 1.54) is 0 Å². The number of rotatable bonds is 20. The molecule has 0 aliphatic carbocycles. The molecule has 0 aliphatic heterocycles. The topological polar surface area (TPSA) is 788 Å². The van der Waals surface area contributed by atoms with E-state index in [1.54, 1.807) is 0 Å². The number of aliphatic hydroxyl groups excluding tert-OH is 10. The quantitative estimate of drug-likeness (QED) is 0.0188. The van der Waals surface area contributed by atoms with E-state index in [1.807, 2.05) is 0 Å². The largest absolute Gasteiger partial charge is 0.494 e. The number of hydrogen-bond acceptors (Lipinski definition) is 30. The van der Waals surface area contributed by atoms with Gasteiger partial charge in [-0.1, -0.05) is 51.6 Å². The predicted molar refractivity (Wildman–Crippen MR) is 255 cm³/mol. The van der Waals surface area contributed by atoms with Crippen LogP contribution in [-0.4, -0.2) is 228 Å². The van der Waals surface area contributed by atoms with Gasteiger partial charge in [0.05, 0.1) is 0 Å². The fourth-order valence-corrected chi connectivity index (χ4v) is 1.79. The summed E-state index contributed by atoms with van der Waals surface area (Å²) in [6.07, 6.45) is 2.33. The summed E-state index contributed by atoms with van der Waals surface area (Å²) in [4.78, 5) is 0. The van der Waals surface area contributed by atoms with Crippen LogP contribution in [0.2, 0.25) is 0 Å². The molecule has 0 bridgehead atoms. The van der Waals surface area contributed by atoms with Crippen molar-refractivity contribution in [3.8, 4) is 0 Å². The van der Waals surface area contributed by atoms with Crippen LogP contribution in [0.4, 0.5) is 0 Å². The third-order valence-electron chi connectivity index (χ3n) is 4.83.